The molecule has 7 unspecified atom stereocenters. The van der Waals surface area contributed by atoms with E-state index < -0.39 is 0 Å². The molecule has 7 atom stereocenters. The zero-order chi connectivity index (χ0) is 11.4. The molecule has 4 bridgehead atoms. The van der Waals surface area contributed by atoms with E-state index in [0.717, 1.165) is 41.4 Å². The fourth-order valence-electron chi connectivity index (χ4n) is 6.20. The van der Waals surface area contributed by atoms with E-state index in [4.69, 9.17) is 0 Å². The molecule has 4 aliphatic carbocycles. The van der Waals surface area contributed by atoms with Crippen molar-refractivity contribution < 1.29 is 0 Å². The highest BCUT2D eigenvalue weighted by Crippen LogP contribution is 2.55. The summed E-state index contributed by atoms with van der Waals surface area (Å²) >= 11 is 0. The Bertz CT molecular complexity index is 294. The van der Waals surface area contributed by atoms with Crippen LogP contribution in [0.3, 0.4) is 0 Å². The monoisotopic (exact) mass is 232 g/mol. The van der Waals surface area contributed by atoms with Gasteiger partial charge in [0, 0.05) is 0 Å². The molecule has 4 rings (SSSR count). The van der Waals surface area contributed by atoms with E-state index in [2.05, 4.69) is 6.92 Å². The zero-order valence-electron chi connectivity index (χ0n) is 11.4. The number of fused-ring (bicyclic) bond motifs is 4. The Morgan fingerprint density at radius 2 is 1.41 bits per heavy atom. The first-order valence-corrected chi connectivity index (χ1v) is 8.29. The second kappa shape index (κ2) is 4.00. The second-order valence-corrected chi connectivity index (χ2v) is 7.98. The largest absolute Gasteiger partial charge is 0.0622 e. The van der Waals surface area contributed by atoms with E-state index >= 15 is 0 Å². The first-order chi connectivity index (χ1) is 8.29. The Labute approximate surface area is 107 Å². The van der Waals surface area contributed by atoms with E-state index in [1.807, 2.05) is 0 Å². The van der Waals surface area contributed by atoms with Gasteiger partial charge in [0.25, 0.3) is 0 Å². The van der Waals surface area contributed by atoms with Crippen molar-refractivity contribution in [2.75, 3.05) is 0 Å². The van der Waals surface area contributed by atoms with Crippen molar-refractivity contribution in [3.05, 3.63) is 0 Å². The van der Waals surface area contributed by atoms with Gasteiger partial charge in [0.1, 0.15) is 0 Å². The van der Waals surface area contributed by atoms with Crippen molar-refractivity contribution in [1.29, 1.82) is 0 Å². The van der Waals surface area contributed by atoms with Gasteiger partial charge in [-0.2, -0.15) is 0 Å². The Kier molecular flexibility index (Phi) is 2.56. The van der Waals surface area contributed by atoms with Gasteiger partial charge < -0.3 is 0 Å². The zero-order valence-corrected chi connectivity index (χ0v) is 11.4. The molecule has 0 aliphatic heterocycles. The molecule has 0 heteroatoms. The lowest BCUT2D eigenvalue weighted by Crippen LogP contribution is -2.27. The molecule has 0 N–H and O–H groups in total. The predicted octanol–water partition coefficient (Wildman–Crippen LogP) is 4.89. The van der Waals surface area contributed by atoms with Crippen LogP contribution in [0.2, 0.25) is 0 Å². The van der Waals surface area contributed by atoms with Crippen molar-refractivity contribution >= 4 is 0 Å². The van der Waals surface area contributed by atoms with Gasteiger partial charge in [-0.05, 0) is 92.8 Å². The van der Waals surface area contributed by atoms with Gasteiger partial charge in [-0.15, -0.1) is 0 Å². The van der Waals surface area contributed by atoms with E-state index in [9.17, 15) is 0 Å². The Balaban J connectivity index is 1.42. The number of rotatable bonds is 2. The van der Waals surface area contributed by atoms with Gasteiger partial charge in [0.15, 0.2) is 0 Å². The normalized spacial score (nSPS) is 56.6. The van der Waals surface area contributed by atoms with Gasteiger partial charge in [-0.25, -0.2) is 0 Å². The average molecular weight is 232 g/mol. The fraction of sp³-hybridized carbons (Fsp3) is 1.00. The second-order valence-electron chi connectivity index (χ2n) is 7.98. The predicted molar refractivity (Wildman–Crippen MR) is 71.7 cm³/mol. The van der Waals surface area contributed by atoms with Crippen LogP contribution in [0, 0.1) is 41.4 Å². The topological polar surface area (TPSA) is 0 Å². The van der Waals surface area contributed by atoms with Crippen LogP contribution in [-0.4, -0.2) is 0 Å². The third-order valence-corrected chi connectivity index (χ3v) is 7.15. The van der Waals surface area contributed by atoms with Gasteiger partial charge in [0.05, 0.1) is 0 Å². The highest BCUT2D eigenvalue weighted by atomic mass is 14.5. The minimum absolute atomic E-state index is 1.05. The minimum Gasteiger partial charge on any atom is -0.0622 e. The molecule has 96 valence electrons. The molecule has 0 saturated heterocycles. The lowest BCUT2D eigenvalue weighted by Gasteiger charge is -2.36. The molecule has 4 saturated carbocycles. The Morgan fingerprint density at radius 3 is 2.18 bits per heavy atom. The summed E-state index contributed by atoms with van der Waals surface area (Å²) in [4.78, 5) is 0. The van der Waals surface area contributed by atoms with Crippen LogP contribution in [0.4, 0.5) is 0 Å². The maximum Gasteiger partial charge on any atom is -0.0380 e. The quantitative estimate of drug-likeness (QED) is 0.636. The van der Waals surface area contributed by atoms with Crippen molar-refractivity contribution in [1.82, 2.24) is 0 Å². The maximum absolute atomic E-state index is 2.54. The third kappa shape index (κ3) is 1.78. The molecule has 0 spiro atoms. The summed E-state index contributed by atoms with van der Waals surface area (Å²) < 4.78 is 0. The van der Waals surface area contributed by atoms with Crippen LogP contribution in [0.25, 0.3) is 0 Å². The van der Waals surface area contributed by atoms with Crippen molar-refractivity contribution in [3.63, 3.8) is 0 Å². The molecule has 4 aliphatic rings. The van der Waals surface area contributed by atoms with E-state index in [0.29, 0.717) is 0 Å². The van der Waals surface area contributed by atoms with E-state index in [1.165, 1.54) is 0 Å². The molecule has 0 aromatic heterocycles. The summed E-state index contributed by atoms with van der Waals surface area (Å²) in [7, 11) is 0. The molecular formula is C17H28. The first kappa shape index (κ1) is 10.9. The summed E-state index contributed by atoms with van der Waals surface area (Å²) in [5, 5.41) is 0. The van der Waals surface area contributed by atoms with Crippen LogP contribution >= 0.6 is 0 Å². The Morgan fingerprint density at radius 1 is 0.706 bits per heavy atom. The van der Waals surface area contributed by atoms with Crippen LogP contribution in [0.1, 0.15) is 64.7 Å². The summed E-state index contributed by atoms with van der Waals surface area (Å²) in [6, 6.07) is 0. The molecule has 0 radical (unpaired) electrons. The van der Waals surface area contributed by atoms with Crippen LogP contribution in [0.5, 0.6) is 0 Å². The van der Waals surface area contributed by atoms with Crippen LogP contribution < -0.4 is 0 Å². The minimum atomic E-state index is 1.05. The van der Waals surface area contributed by atoms with E-state index in [1.54, 1.807) is 57.8 Å². The van der Waals surface area contributed by atoms with Gasteiger partial charge in [-0.1, -0.05) is 13.3 Å². The summed E-state index contributed by atoms with van der Waals surface area (Å²) in [5.74, 6) is 7.93. The lowest BCUT2D eigenvalue weighted by atomic mass is 9.69. The molecule has 0 heterocycles. The van der Waals surface area contributed by atoms with Crippen LogP contribution in [-0.2, 0) is 0 Å². The summed E-state index contributed by atoms with van der Waals surface area (Å²) in [6.07, 6.45) is 14.4. The van der Waals surface area contributed by atoms with Gasteiger partial charge in [-0.3, -0.25) is 0 Å². The fourth-order valence-corrected chi connectivity index (χ4v) is 6.20. The van der Waals surface area contributed by atoms with Crippen molar-refractivity contribution in [2.45, 2.75) is 64.7 Å². The van der Waals surface area contributed by atoms with Crippen molar-refractivity contribution in [2.24, 2.45) is 41.4 Å². The number of hydrogen-bond acceptors (Lipinski definition) is 0. The SMILES string of the molecule is CC1CC(CC2CC3CCC2C3)C2CCC1C2. The summed E-state index contributed by atoms with van der Waals surface area (Å²) in [5.41, 5.74) is 0. The van der Waals surface area contributed by atoms with E-state index in [-0.39, 0.29) is 0 Å². The molecule has 0 aromatic carbocycles. The molecule has 4 fully saturated rings. The first-order valence-electron chi connectivity index (χ1n) is 8.29. The highest BCUT2D eigenvalue weighted by molar-refractivity contribution is 4.95. The van der Waals surface area contributed by atoms with Gasteiger partial charge in [0.2, 0.25) is 0 Å². The third-order valence-electron chi connectivity index (χ3n) is 7.15. The molecule has 17 heavy (non-hydrogen) atoms. The molecule has 0 amide bonds. The van der Waals surface area contributed by atoms with Crippen molar-refractivity contribution in [3.8, 4) is 0 Å². The molecule has 0 nitrogen and oxygen atoms in total. The smallest absolute Gasteiger partial charge is 0.0380 e. The summed E-state index contributed by atoms with van der Waals surface area (Å²) in [6.45, 7) is 2.54. The Hall–Kier alpha value is 0. The highest BCUT2D eigenvalue weighted by Gasteiger charge is 2.44. The number of hydrogen-bond donors (Lipinski definition) is 0. The molecule has 0 aromatic rings. The lowest BCUT2D eigenvalue weighted by molar-refractivity contribution is 0.139. The average Bonchev–Trinajstić information content (AvgIpc) is 3.02. The molecular weight excluding hydrogens is 204 g/mol. The standard InChI is InChI=1S/C17H28/c1-11-6-16(15-5-4-13(11)9-15)10-17-8-12-2-3-14(17)7-12/h11-17H,2-10H2,1H3. The van der Waals surface area contributed by atoms with Crippen LogP contribution in [0.15, 0.2) is 0 Å². The maximum atomic E-state index is 2.54. The van der Waals surface area contributed by atoms with Gasteiger partial charge >= 0.3 is 0 Å².